The molecule has 0 saturated carbocycles. The van der Waals surface area contributed by atoms with E-state index in [4.69, 9.17) is 17.5 Å². The maximum Gasteiger partial charge on any atom is 1.00 e. The molecule has 5 nitrogen and oxygen atoms in total. The van der Waals surface area contributed by atoms with E-state index in [1.807, 2.05) is 0 Å². The van der Waals surface area contributed by atoms with Crippen LogP contribution in [0.2, 0.25) is 0 Å². The molecule has 0 aromatic heterocycles. The summed E-state index contributed by atoms with van der Waals surface area (Å²) in [5, 5.41) is 0. The summed E-state index contributed by atoms with van der Waals surface area (Å²) < 4.78 is 34.1. The smallest absolute Gasteiger partial charge is 0.759 e. The Morgan fingerprint density at radius 2 is 1.14 bits per heavy atom. The van der Waals surface area contributed by atoms with Crippen LogP contribution in [0.15, 0.2) is 0 Å². The van der Waals surface area contributed by atoms with Gasteiger partial charge in [0.1, 0.15) is 0 Å². The van der Waals surface area contributed by atoms with Gasteiger partial charge in [0.15, 0.2) is 0 Å². The van der Waals surface area contributed by atoms with Crippen LogP contribution in [0.25, 0.3) is 0 Å². The zero-order valence-electron chi connectivity index (χ0n) is 3.54. The molecule has 0 atom stereocenters. The molecule has 2 N–H and O–H groups in total. The Labute approximate surface area is 62.9 Å². The van der Waals surface area contributed by atoms with Gasteiger partial charge in [0.2, 0.25) is 0 Å². The van der Waals surface area contributed by atoms with E-state index in [1.54, 1.807) is 0 Å². The SMILES string of the molecule is O.O=S(=O)([O-])[O-].[Na+]. The van der Waals surface area contributed by atoms with Crippen LogP contribution in [0.4, 0.5) is 0 Å². The zero-order valence-corrected chi connectivity index (χ0v) is 6.36. The largest absolute Gasteiger partial charge is 1.00 e. The number of rotatable bonds is 0. The first kappa shape index (κ1) is 15.7. The van der Waals surface area contributed by atoms with Crippen molar-refractivity contribution in [3.8, 4) is 0 Å². The average molecular weight is 137 g/mol. The molecule has 0 amide bonds. The monoisotopic (exact) mass is 137 g/mol. The van der Waals surface area contributed by atoms with Crippen molar-refractivity contribution in [2.45, 2.75) is 0 Å². The Hall–Kier alpha value is 0.830. The van der Waals surface area contributed by atoms with E-state index in [1.165, 1.54) is 0 Å². The first-order valence-corrected chi connectivity index (χ1v) is 2.00. The van der Waals surface area contributed by atoms with Gasteiger partial charge in [-0.05, 0) is 0 Å². The van der Waals surface area contributed by atoms with Crippen molar-refractivity contribution in [3.63, 3.8) is 0 Å². The molecular weight excluding hydrogens is 135 g/mol. The molecule has 0 aromatic rings. The maximum absolute atomic E-state index is 8.52. The molecular formula is H2NaO5S-. The van der Waals surface area contributed by atoms with E-state index in [2.05, 4.69) is 0 Å². The third kappa shape index (κ3) is 231. The molecule has 0 aliphatic carbocycles. The predicted octanol–water partition coefficient (Wildman–Crippen LogP) is -5.16. The van der Waals surface area contributed by atoms with Crippen molar-refractivity contribution in [1.82, 2.24) is 0 Å². The Morgan fingerprint density at radius 3 is 1.14 bits per heavy atom. The molecule has 0 aliphatic heterocycles. The van der Waals surface area contributed by atoms with E-state index < -0.39 is 10.4 Å². The van der Waals surface area contributed by atoms with Gasteiger partial charge in [-0.2, -0.15) is 0 Å². The van der Waals surface area contributed by atoms with Crippen molar-refractivity contribution < 1.29 is 52.6 Å². The summed E-state index contributed by atoms with van der Waals surface area (Å²) in [6, 6.07) is 0. The fraction of sp³-hybridized carbons (Fsp3) is 0. The van der Waals surface area contributed by atoms with Gasteiger partial charge in [-0.25, -0.2) is 0 Å². The second-order valence-corrected chi connectivity index (χ2v) is 1.22. The molecule has 0 radical (unpaired) electrons. The van der Waals surface area contributed by atoms with E-state index >= 15 is 0 Å². The maximum atomic E-state index is 8.52. The standard InChI is InChI=1S/Na.H2O4S.H2O/c;1-5(2,3)4;/h;(H2,1,2,3,4);1H2/q+1;;/p-2. The van der Waals surface area contributed by atoms with E-state index in [-0.39, 0.29) is 35.0 Å². The van der Waals surface area contributed by atoms with Crippen molar-refractivity contribution >= 4 is 10.4 Å². The second-order valence-electron chi connectivity index (χ2n) is 0.408. The molecule has 0 heterocycles. The van der Waals surface area contributed by atoms with Crippen molar-refractivity contribution in [1.29, 1.82) is 0 Å². The first-order valence-electron chi connectivity index (χ1n) is 0.667. The third-order valence-electron chi connectivity index (χ3n) is 0. The molecule has 0 fully saturated rings. The first-order chi connectivity index (χ1) is 2.00. The van der Waals surface area contributed by atoms with Crippen LogP contribution in [-0.4, -0.2) is 23.0 Å². The van der Waals surface area contributed by atoms with Crippen LogP contribution in [-0.2, 0) is 10.4 Å². The second kappa shape index (κ2) is 4.98. The molecule has 0 spiro atoms. The Morgan fingerprint density at radius 1 is 1.14 bits per heavy atom. The third-order valence-corrected chi connectivity index (χ3v) is 0. The van der Waals surface area contributed by atoms with Gasteiger partial charge in [0.05, 0.1) is 0 Å². The summed E-state index contributed by atoms with van der Waals surface area (Å²) in [6.45, 7) is 0. The summed E-state index contributed by atoms with van der Waals surface area (Å²) in [5.41, 5.74) is 0. The Bertz CT molecular complexity index is 91.2. The summed E-state index contributed by atoms with van der Waals surface area (Å²) >= 11 is 0. The van der Waals surface area contributed by atoms with Gasteiger partial charge < -0.3 is 14.6 Å². The van der Waals surface area contributed by atoms with E-state index in [9.17, 15) is 0 Å². The van der Waals surface area contributed by atoms with Crippen LogP contribution < -0.4 is 29.6 Å². The minimum absolute atomic E-state index is 0. The molecule has 7 heavy (non-hydrogen) atoms. The van der Waals surface area contributed by atoms with Crippen LogP contribution in [0.5, 0.6) is 0 Å². The van der Waals surface area contributed by atoms with Crippen LogP contribution in [0, 0.1) is 0 Å². The minimum atomic E-state index is -5.17. The molecule has 0 aliphatic rings. The Balaban J connectivity index is -0.0000000800. The van der Waals surface area contributed by atoms with Crippen molar-refractivity contribution in [2.24, 2.45) is 0 Å². The summed E-state index contributed by atoms with van der Waals surface area (Å²) in [7, 11) is -5.17. The minimum Gasteiger partial charge on any atom is -0.759 e. The van der Waals surface area contributed by atoms with Crippen LogP contribution >= 0.6 is 0 Å². The molecule has 0 rings (SSSR count). The molecule has 0 unspecified atom stereocenters. The van der Waals surface area contributed by atoms with Gasteiger partial charge in [-0.15, -0.1) is 0 Å². The molecule has 7 heteroatoms. The van der Waals surface area contributed by atoms with Gasteiger partial charge in [-0.1, -0.05) is 0 Å². The molecule has 0 bridgehead atoms. The van der Waals surface area contributed by atoms with Crippen LogP contribution in [0.3, 0.4) is 0 Å². The zero-order chi connectivity index (χ0) is 4.50. The topological polar surface area (TPSA) is 112 Å². The van der Waals surface area contributed by atoms with Gasteiger partial charge in [0, 0.05) is 10.4 Å². The fourth-order valence-electron chi connectivity index (χ4n) is 0. The molecule has 0 aromatic carbocycles. The van der Waals surface area contributed by atoms with E-state index in [0.29, 0.717) is 0 Å². The van der Waals surface area contributed by atoms with Crippen molar-refractivity contribution in [2.75, 3.05) is 0 Å². The van der Waals surface area contributed by atoms with E-state index in [0.717, 1.165) is 0 Å². The van der Waals surface area contributed by atoms with Crippen LogP contribution in [0.1, 0.15) is 0 Å². The van der Waals surface area contributed by atoms with Gasteiger partial charge in [0.25, 0.3) is 0 Å². The molecule has 40 valence electrons. The average Bonchev–Trinajstić information content (AvgIpc) is 0.722. The summed E-state index contributed by atoms with van der Waals surface area (Å²) in [4.78, 5) is 0. The van der Waals surface area contributed by atoms with Crippen molar-refractivity contribution in [3.05, 3.63) is 0 Å². The fourth-order valence-corrected chi connectivity index (χ4v) is 0. The van der Waals surface area contributed by atoms with Gasteiger partial charge in [-0.3, -0.25) is 8.42 Å². The predicted molar refractivity (Wildman–Crippen MR) is 14.1 cm³/mol. The molecule has 0 saturated heterocycles. The quantitative estimate of drug-likeness (QED) is 0.189. The summed E-state index contributed by atoms with van der Waals surface area (Å²) in [5.74, 6) is 0. The van der Waals surface area contributed by atoms with Gasteiger partial charge >= 0.3 is 29.6 Å². The normalized spacial score (nSPS) is 8.29. The number of hydrogen-bond acceptors (Lipinski definition) is 4. The number of hydrogen-bond donors (Lipinski definition) is 0. The Kier molecular flexibility index (Phi) is 11.1. The summed E-state index contributed by atoms with van der Waals surface area (Å²) in [6.07, 6.45) is 0.